The van der Waals surface area contributed by atoms with Crippen molar-refractivity contribution in [3.63, 3.8) is 0 Å². The molecular formula is C14H9ClFN3O. The minimum atomic E-state index is -0.494. The Hall–Kier alpha value is -2.40. The van der Waals surface area contributed by atoms with Crippen LogP contribution in [-0.4, -0.2) is 10.1 Å². The molecule has 2 aromatic carbocycles. The molecule has 3 rings (SSSR count). The van der Waals surface area contributed by atoms with Crippen molar-refractivity contribution in [1.82, 2.24) is 10.1 Å². The molecule has 0 amide bonds. The zero-order chi connectivity index (χ0) is 14.1. The van der Waals surface area contributed by atoms with Gasteiger partial charge in [-0.15, -0.1) is 0 Å². The van der Waals surface area contributed by atoms with Crippen molar-refractivity contribution < 1.29 is 8.91 Å². The molecule has 0 bridgehead atoms. The molecule has 3 aromatic rings. The van der Waals surface area contributed by atoms with Crippen molar-refractivity contribution in [2.24, 2.45) is 0 Å². The van der Waals surface area contributed by atoms with Gasteiger partial charge in [-0.3, -0.25) is 0 Å². The van der Waals surface area contributed by atoms with Gasteiger partial charge in [0, 0.05) is 11.3 Å². The highest BCUT2D eigenvalue weighted by atomic mass is 35.5. The summed E-state index contributed by atoms with van der Waals surface area (Å²) in [5, 5.41) is 3.86. The second-order valence-electron chi connectivity index (χ2n) is 4.14. The number of hydrogen-bond donors (Lipinski definition) is 1. The highest BCUT2D eigenvalue weighted by Gasteiger charge is 2.13. The summed E-state index contributed by atoms with van der Waals surface area (Å²) >= 11 is 5.73. The van der Waals surface area contributed by atoms with E-state index in [2.05, 4.69) is 10.1 Å². The Labute approximate surface area is 119 Å². The minimum Gasteiger partial charge on any atom is -0.398 e. The van der Waals surface area contributed by atoms with Gasteiger partial charge in [-0.1, -0.05) is 28.9 Å². The lowest BCUT2D eigenvalue weighted by Gasteiger charge is -1.98. The van der Waals surface area contributed by atoms with Crippen LogP contribution in [0.1, 0.15) is 0 Å². The third-order valence-corrected chi connectivity index (χ3v) is 3.08. The van der Waals surface area contributed by atoms with Crippen LogP contribution in [0.5, 0.6) is 0 Å². The summed E-state index contributed by atoms with van der Waals surface area (Å²) in [4.78, 5) is 4.24. The van der Waals surface area contributed by atoms with Gasteiger partial charge in [0.25, 0.3) is 5.89 Å². The third kappa shape index (κ3) is 2.23. The Morgan fingerprint density at radius 3 is 2.70 bits per heavy atom. The number of aromatic nitrogens is 2. The van der Waals surface area contributed by atoms with Crippen molar-refractivity contribution in [3.05, 3.63) is 53.3 Å². The number of hydrogen-bond acceptors (Lipinski definition) is 4. The van der Waals surface area contributed by atoms with Crippen LogP contribution in [0.3, 0.4) is 0 Å². The quantitative estimate of drug-likeness (QED) is 0.729. The summed E-state index contributed by atoms with van der Waals surface area (Å²) in [6, 6.07) is 11.4. The average Bonchev–Trinajstić information content (AvgIpc) is 2.92. The number of rotatable bonds is 2. The second kappa shape index (κ2) is 4.94. The lowest BCUT2D eigenvalue weighted by molar-refractivity contribution is 0.432. The minimum absolute atomic E-state index is 0.00748. The molecule has 0 fully saturated rings. The number of benzene rings is 2. The van der Waals surface area contributed by atoms with E-state index < -0.39 is 5.82 Å². The van der Waals surface area contributed by atoms with Crippen LogP contribution in [0.4, 0.5) is 10.1 Å². The van der Waals surface area contributed by atoms with Crippen LogP contribution in [-0.2, 0) is 0 Å². The SMILES string of the molecule is Nc1ccccc1-c1nc(-c2ccc(F)c(Cl)c2)no1. The van der Waals surface area contributed by atoms with Gasteiger partial charge in [0.15, 0.2) is 0 Å². The topological polar surface area (TPSA) is 64.9 Å². The van der Waals surface area contributed by atoms with Gasteiger partial charge in [-0.2, -0.15) is 4.98 Å². The highest BCUT2D eigenvalue weighted by Crippen LogP contribution is 2.27. The molecule has 20 heavy (non-hydrogen) atoms. The van der Waals surface area contributed by atoms with Crippen molar-refractivity contribution in [2.75, 3.05) is 5.73 Å². The lowest BCUT2D eigenvalue weighted by atomic mass is 10.2. The first-order valence-corrected chi connectivity index (χ1v) is 6.17. The standard InChI is InChI=1S/C14H9ClFN3O/c15-10-7-8(5-6-11(10)16)13-18-14(20-19-13)9-3-1-2-4-12(9)17/h1-7H,17H2. The van der Waals surface area contributed by atoms with Gasteiger partial charge in [-0.25, -0.2) is 4.39 Å². The molecule has 0 unspecified atom stereocenters. The Morgan fingerprint density at radius 2 is 1.95 bits per heavy atom. The van der Waals surface area contributed by atoms with Crippen molar-refractivity contribution >= 4 is 17.3 Å². The van der Waals surface area contributed by atoms with Crippen LogP contribution in [0.2, 0.25) is 5.02 Å². The van der Waals surface area contributed by atoms with Crippen LogP contribution in [0.25, 0.3) is 22.8 Å². The molecule has 0 saturated carbocycles. The Kier molecular flexibility index (Phi) is 3.12. The molecule has 2 N–H and O–H groups in total. The smallest absolute Gasteiger partial charge is 0.260 e. The predicted octanol–water partition coefficient (Wildman–Crippen LogP) is 3.78. The fraction of sp³-hybridized carbons (Fsp3) is 0. The van der Waals surface area contributed by atoms with E-state index in [1.165, 1.54) is 18.2 Å². The molecule has 0 aliphatic carbocycles. The van der Waals surface area contributed by atoms with Crippen LogP contribution < -0.4 is 5.73 Å². The number of nitrogen functional groups attached to an aromatic ring is 1. The van der Waals surface area contributed by atoms with E-state index in [0.717, 1.165) is 0 Å². The molecule has 4 nitrogen and oxygen atoms in total. The van der Waals surface area contributed by atoms with Crippen molar-refractivity contribution in [1.29, 1.82) is 0 Å². The second-order valence-corrected chi connectivity index (χ2v) is 4.55. The fourth-order valence-corrected chi connectivity index (χ4v) is 1.96. The zero-order valence-electron chi connectivity index (χ0n) is 10.2. The number of anilines is 1. The summed E-state index contributed by atoms with van der Waals surface area (Å²) < 4.78 is 18.3. The normalized spacial score (nSPS) is 10.7. The van der Waals surface area contributed by atoms with Crippen LogP contribution >= 0.6 is 11.6 Å². The number of nitrogens with two attached hydrogens (primary N) is 1. The van der Waals surface area contributed by atoms with E-state index in [-0.39, 0.29) is 5.02 Å². The lowest BCUT2D eigenvalue weighted by Crippen LogP contribution is -1.89. The first-order chi connectivity index (χ1) is 9.65. The predicted molar refractivity (Wildman–Crippen MR) is 74.6 cm³/mol. The van der Waals surface area contributed by atoms with Crippen molar-refractivity contribution in [2.45, 2.75) is 0 Å². The van der Waals surface area contributed by atoms with Crippen LogP contribution in [0.15, 0.2) is 47.0 Å². The summed E-state index contributed by atoms with van der Waals surface area (Å²) in [6.07, 6.45) is 0. The number of halogens is 2. The summed E-state index contributed by atoms with van der Waals surface area (Å²) in [6.45, 7) is 0. The Bertz CT molecular complexity index is 773. The van der Waals surface area contributed by atoms with Crippen molar-refractivity contribution in [3.8, 4) is 22.8 Å². The maximum Gasteiger partial charge on any atom is 0.260 e. The van der Waals surface area contributed by atoms with E-state index in [9.17, 15) is 4.39 Å². The highest BCUT2D eigenvalue weighted by molar-refractivity contribution is 6.31. The molecule has 0 atom stereocenters. The van der Waals surface area contributed by atoms with E-state index in [0.29, 0.717) is 28.5 Å². The van der Waals surface area contributed by atoms with E-state index in [1.807, 2.05) is 12.1 Å². The van der Waals surface area contributed by atoms with E-state index in [1.54, 1.807) is 12.1 Å². The van der Waals surface area contributed by atoms with Gasteiger partial charge in [0.05, 0.1) is 10.6 Å². The number of nitrogens with zero attached hydrogens (tertiary/aromatic N) is 2. The van der Waals surface area contributed by atoms with Gasteiger partial charge in [0.1, 0.15) is 5.82 Å². The number of para-hydroxylation sites is 1. The molecule has 100 valence electrons. The zero-order valence-corrected chi connectivity index (χ0v) is 10.9. The fourth-order valence-electron chi connectivity index (χ4n) is 1.78. The maximum atomic E-state index is 13.1. The molecular weight excluding hydrogens is 281 g/mol. The average molecular weight is 290 g/mol. The monoisotopic (exact) mass is 289 g/mol. The first-order valence-electron chi connectivity index (χ1n) is 5.79. The van der Waals surface area contributed by atoms with Gasteiger partial charge < -0.3 is 10.3 Å². The first kappa shape index (κ1) is 12.6. The molecule has 1 heterocycles. The van der Waals surface area contributed by atoms with Crippen LogP contribution in [0, 0.1) is 5.82 Å². The summed E-state index contributed by atoms with van der Waals surface area (Å²) in [5.74, 6) is 0.134. The molecule has 6 heteroatoms. The van der Waals surface area contributed by atoms with Gasteiger partial charge in [-0.05, 0) is 30.3 Å². The molecule has 0 aliphatic rings. The summed E-state index contributed by atoms with van der Waals surface area (Å²) in [7, 11) is 0. The molecule has 1 aromatic heterocycles. The van der Waals surface area contributed by atoms with Gasteiger partial charge >= 0.3 is 0 Å². The largest absolute Gasteiger partial charge is 0.398 e. The molecule has 0 aliphatic heterocycles. The third-order valence-electron chi connectivity index (χ3n) is 2.80. The van der Waals surface area contributed by atoms with Gasteiger partial charge in [0.2, 0.25) is 5.82 Å². The molecule has 0 saturated heterocycles. The maximum absolute atomic E-state index is 13.1. The molecule has 0 spiro atoms. The molecule has 0 radical (unpaired) electrons. The van der Waals surface area contributed by atoms with E-state index >= 15 is 0 Å². The Balaban J connectivity index is 2.02. The summed E-state index contributed by atoms with van der Waals surface area (Å²) in [5.41, 5.74) is 7.61. The van der Waals surface area contributed by atoms with E-state index in [4.69, 9.17) is 21.9 Å². The Morgan fingerprint density at radius 1 is 1.15 bits per heavy atom.